The number of halogens is 1. The summed E-state index contributed by atoms with van der Waals surface area (Å²) in [6, 6.07) is 35.5. The summed E-state index contributed by atoms with van der Waals surface area (Å²) in [5, 5.41) is 0.750. The first kappa shape index (κ1) is 17.4. The number of hydrogen-bond acceptors (Lipinski definition) is 1. The van der Waals surface area contributed by atoms with E-state index in [9.17, 15) is 0 Å². The number of hydrogen-bond donors (Lipinski definition) is 0. The molecule has 0 aliphatic carbocycles. The van der Waals surface area contributed by atoms with Crippen LogP contribution >= 0.6 is 11.6 Å². The van der Waals surface area contributed by atoms with Crippen LogP contribution in [0.4, 0.5) is 11.4 Å². The molecule has 132 valence electrons. The summed E-state index contributed by atoms with van der Waals surface area (Å²) in [4.78, 5) is 2.23. The fourth-order valence-corrected chi connectivity index (χ4v) is 3.51. The number of benzene rings is 4. The number of rotatable bonds is 4. The zero-order chi connectivity index (χ0) is 18.6. The van der Waals surface area contributed by atoms with Gasteiger partial charge in [0.15, 0.2) is 0 Å². The average molecular weight is 370 g/mol. The molecule has 0 aromatic heterocycles. The molecule has 0 bridgehead atoms. The fourth-order valence-electron chi connectivity index (χ4n) is 3.38. The molecule has 0 amide bonds. The third-order valence-electron chi connectivity index (χ3n) is 4.78. The van der Waals surface area contributed by atoms with Crippen LogP contribution in [0.25, 0.3) is 22.3 Å². The highest BCUT2D eigenvalue weighted by atomic mass is 35.5. The summed E-state index contributed by atoms with van der Waals surface area (Å²) in [7, 11) is 2.11. The predicted molar refractivity (Wildman–Crippen MR) is 117 cm³/mol. The van der Waals surface area contributed by atoms with Crippen LogP contribution in [0.5, 0.6) is 0 Å². The second kappa shape index (κ2) is 7.69. The number of nitrogens with zero attached hydrogens (tertiary/aromatic N) is 1. The van der Waals surface area contributed by atoms with Gasteiger partial charge in [-0.05, 0) is 47.0 Å². The summed E-state index contributed by atoms with van der Waals surface area (Å²) in [6.07, 6.45) is 0. The molecule has 0 radical (unpaired) electrons. The monoisotopic (exact) mass is 369 g/mol. The Bertz CT molecular complexity index is 1040. The second-order valence-corrected chi connectivity index (χ2v) is 6.90. The minimum absolute atomic E-state index is 0.750. The van der Waals surface area contributed by atoms with E-state index in [1.807, 2.05) is 18.2 Å². The highest BCUT2D eigenvalue weighted by molar-refractivity contribution is 6.30. The Morgan fingerprint density at radius 2 is 1.11 bits per heavy atom. The molecule has 0 spiro atoms. The van der Waals surface area contributed by atoms with Crippen molar-refractivity contribution < 1.29 is 0 Å². The van der Waals surface area contributed by atoms with E-state index in [1.165, 1.54) is 22.4 Å². The van der Waals surface area contributed by atoms with Crippen LogP contribution in [0.3, 0.4) is 0 Å². The van der Waals surface area contributed by atoms with E-state index in [4.69, 9.17) is 11.6 Å². The molecular formula is C25H20ClN. The Hall–Kier alpha value is -3.03. The predicted octanol–water partition coefficient (Wildman–Crippen LogP) is 7.44. The standard InChI is InChI=1S/C25H20ClN/c1-27(21-9-3-2-4-10-21)25-14-8-7-13-24(25)23-12-6-5-11-22(23)19-15-17-20(26)18-16-19/h2-18H,1H3. The third-order valence-corrected chi connectivity index (χ3v) is 5.03. The summed E-state index contributed by atoms with van der Waals surface area (Å²) < 4.78 is 0. The molecule has 0 saturated heterocycles. The Balaban J connectivity index is 1.85. The molecule has 0 atom stereocenters. The van der Waals surface area contributed by atoms with E-state index in [0.717, 1.165) is 16.3 Å². The van der Waals surface area contributed by atoms with Crippen LogP contribution in [-0.2, 0) is 0 Å². The van der Waals surface area contributed by atoms with Gasteiger partial charge in [0.1, 0.15) is 0 Å². The maximum absolute atomic E-state index is 6.08. The maximum atomic E-state index is 6.08. The molecule has 2 heteroatoms. The largest absolute Gasteiger partial charge is 0.344 e. The van der Waals surface area contributed by atoms with Gasteiger partial charge in [-0.25, -0.2) is 0 Å². The lowest BCUT2D eigenvalue weighted by atomic mass is 9.93. The molecule has 0 aliphatic heterocycles. The van der Waals surface area contributed by atoms with E-state index in [2.05, 4.69) is 96.9 Å². The summed E-state index contributed by atoms with van der Waals surface area (Å²) >= 11 is 6.08. The lowest BCUT2D eigenvalue weighted by Crippen LogP contribution is -2.10. The smallest absolute Gasteiger partial charge is 0.0487 e. The zero-order valence-corrected chi connectivity index (χ0v) is 15.9. The van der Waals surface area contributed by atoms with Crippen LogP contribution in [0.2, 0.25) is 5.02 Å². The van der Waals surface area contributed by atoms with Gasteiger partial charge in [-0.2, -0.15) is 0 Å². The molecule has 1 nitrogen and oxygen atoms in total. The summed E-state index contributed by atoms with van der Waals surface area (Å²) in [5.74, 6) is 0. The van der Waals surface area contributed by atoms with Crippen LogP contribution in [-0.4, -0.2) is 7.05 Å². The molecule has 0 saturated carbocycles. The van der Waals surface area contributed by atoms with Gasteiger partial charge in [0.2, 0.25) is 0 Å². The van der Waals surface area contributed by atoms with E-state index in [-0.39, 0.29) is 0 Å². The Morgan fingerprint density at radius 3 is 1.81 bits per heavy atom. The van der Waals surface area contributed by atoms with Crippen molar-refractivity contribution in [2.75, 3.05) is 11.9 Å². The molecular weight excluding hydrogens is 350 g/mol. The fraction of sp³-hybridized carbons (Fsp3) is 0.0400. The number of anilines is 2. The van der Waals surface area contributed by atoms with E-state index in [1.54, 1.807) is 0 Å². The van der Waals surface area contributed by atoms with Crippen molar-refractivity contribution in [1.82, 2.24) is 0 Å². The van der Waals surface area contributed by atoms with Gasteiger partial charge in [-0.15, -0.1) is 0 Å². The molecule has 4 aromatic carbocycles. The van der Waals surface area contributed by atoms with Crippen LogP contribution in [0.15, 0.2) is 103 Å². The zero-order valence-electron chi connectivity index (χ0n) is 15.1. The van der Waals surface area contributed by atoms with Gasteiger partial charge in [0.25, 0.3) is 0 Å². The van der Waals surface area contributed by atoms with Crippen molar-refractivity contribution in [3.63, 3.8) is 0 Å². The van der Waals surface area contributed by atoms with Gasteiger partial charge in [-0.1, -0.05) is 84.4 Å². The summed E-state index contributed by atoms with van der Waals surface area (Å²) in [6.45, 7) is 0. The lowest BCUT2D eigenvalue weighted by Gasteiger charge is -2.24. The minimum Gasteiger partial charge on any atom is -0.344 e. The highest BCUT2D eigenvalue weighted by Crippen LogP contribution is 2.39. The molecule has 0 heterocycles. The van der Waals surface area contributed by atoms with Crippen molar-refractivity contribution in [2.24, 2.45) is 0 Å². The molecule has 0 aliphatic rings. The molecule has 0 N–H and O–H groups in total. The molecule has 4 aromatic rings. The first-order valence-corrected chi connectivity index (χ1v) is 9.35. The normalized spacial score (nSPS) is 10.6. The molecule has 0 unspecified atom stereocenters. The second-order valence-electron chi connectivity index (χ2n) is 6.46. The SMILES string of the molecule is CN(c1ccccc1)c1ccccc1-c1ccccc1-c1ccc(Cl)cc1. The van der Waals surface area contributed by atoms with Crippen molar-refractivity contribution in [3.05, 3.63) is 108 Å². The van der Waals surface area contributed by atoms with E-state index in [0.29, 0.717) is 0 Å². The first-order valence-electron chi connectivity index (χ1n) is 8.97. The van der Waals surface area contributed by atoms with Crippen LogP contribution in [0, 0.1) is 0 Å². The van der Waals surface area contributed by atoms with Crippen molar-refractivity contribution >= 4 is 23.0 Å². The highest BCUT2D eigenvalue weighted by Gasteiger charge is 2.14. The van der Waals surface area contributed by atoms with Gasteiger partial charge >= 0.3 is 0 Å². The van der Waals surface area contributed by atoms with Gasteiger partial charge < -0.3 is 4.90 Å². The van der Waals surface area contributed by atoms with Gasteiger partial charge in [-0.3, -0.25) is 0 Å². The summed E-state index contributed by atoms with van der Waals surface area (Å²) in [5.41, 5.74) is 7.10. The third kappa shape index (κ3) is 3.60. The molecule has 0 fully saturated rings. The van der Waals surface area contributed by atoms with Crippen molar-refractivity contribution in [2.45, 2.75) is 0 Å². The minimum atomic E-state index is 0.750. The Morgan fingerprint density at radius 1 is 0.556 bits per heavy atom. The average Bonchev–Trinajstić information content (AvgIpc) is 2.74. The van der Waals surface area contributed by atoms with Crippen molar-refractivity contribution in [3.8, 4) is 22.3 Å². The lowest BCUT2D eigenvalue weighted by molar-refractivity contribution is 1.21. The van der Waals surface area contributed by atoms with Crippen LogP contribution in [0.1, 0.15) is 0 Å². The molecule has 27 heavy (non-hydrogen) atoms. The maximum Gasteiger partial charge on any atom is 0.0487 e. The molecule has 4 rings (SSSR count). The quantitative estimate of drug-likeness (QED) is 0.361. The van der Waals surface area contributed by atoms with Crippen molar-refractivity contribution in [1.29, 1.82) is 0 Å². The Labute approximate surface area is 165 Å². The van der Waals surface area contributed by atoms with E-state index < -0.39 is 0 Å². The first-order chi connectivity index (χ1) is 13.2. The van der Waals surface area contributed by atoms with Gasteiger partial charge in [0.05, 0.1) is 0 Å². The van der Waals surface area contributed by atoms with Crippen LogP contribution < -0.4 is 4.90 Å². The van der Waals surface area contributed by atoms with E-state index >= 15 is 0 Å². The van der Waals surface area contributed by atoms with Gasteiger partial charge in [0, 0.05) is 29.0 Å². The number of para-hydroxylation sites is 2. The topological polar surface area (TPSA) is 3.24 Å². The Kier molecular flexibility index (Phi) is 4.95.